The maximum Gasteiger partial charge on any atom is 0.0942 e. The fraction of sp³-hybridized carbons (Fsp3) is 0.500. The molecule has 5 nitrogen and oxygen atoms in total. The van der Waals surface area contributed by atoms with E-state index in [2.05, 4.69) is 40.5 Å². The van der Waals surface area contributed by atoms with Gasteiger partial charge in [0, 0.05) is 59.5 Å². The highest BCUT2D eigenvalue weighted by atomic mass is 35.5. The Morgan fingerprint density at radius 2 is 2.04 bits per heavy atom. The second-order valence-corrected chi connectivity index (χ2v) is 8.22. The van der Waals surface area contributed by atoms with Crippen LogP contribution in [0.15, 0.2) is 24.4 Å². The van der Waals surface area contributed by atoms with Gasteiger partial charge in [0.2, 0.25) is 0 Å². The average molecular weight is 371 g/mol. The Balaban J connectivity index is 1.44. The Morgan fingerprint density at radius 3 is 2.73 bits per heavy atom. The number of allylic oxidation sites excluding steroid dienone is 1. The minimum absolute atomic E-state index is 0.339. The number of nitrogens with zero attached hydrogens (tertiary/aromatic N) is 4. The first-order chi connectivity index (χ1) is 12.6. The van der Waals surface area contributed by atoms with Crippen LogP contribution >= 0.6 is 11.6 Å². The van der Waals surface area contributed by atoms with E-state index in [0.29, 0.717) is 18.0 Å². The Hall–Kier alpha value is -1.69. The van der Waals surface area contributed by atoms with Crippen LogP contribution in [0.5, 0.6) is 0 Å². The predicted molar refractivity (Wildman–Crippen MR) is 102 cm³/mol. The minimum atomic E-state index is 0.339. The van der Waals surface area contributed by atoms with Crippen molar-refractivity contribution >= 4 is 16.6 Å². The molecule has 2 fully saturated rings. The zero-order chi connectivity index (χ0) is 17.8. The van der Waals surface area contributed by atoms with E-state index in [1.807, 2.05) is 12.3 Å². The predicted octanol–water partition coefficient (Wildman–Crippen LogP) is 3.46. The molecule has 0 unspecified atom stereocenters. The van der Waals surface area contributed by atoms with Gasteiger partial charge < -0.3 is 4.74 Å². The molecule has 136 valence electrons. The van der Waals surface area contributed by atoms with Gasteiger partial charge in [-0.3, -0.25) is 14.6 Å². The second-order valence-electron chi connectivity index (χ2n) is 7.81. The van der Waals surface area contributed by atoms with Gasteiger partial charge in [0.05, 0.1) is 30.6 Å². The third kappa shape index (κ3) is 2.61. The van der Waals surface area contributed by atoms with Crippen LogP contribution in [0.4, 0.5) is 0 Å². The molecular weight excluding hydrogens is 348 g/mol. The fourth-order valence-electron chi connectivity index (χ4n) is 4.00. The lowest BCUT2D eigenvalue weighted by molar-refractivity contribution is -0.0913. The van der Waals surface area contributed by atoms with Crippen LogP contribution < -0.4 is 0 Å². The molecule has 0 N–H and O–H groups in total. The van der Waals surface area contributed by atoms with Crippen molar-refractivity contribution in [2.75, 3.05) is 26.3 Å². The number of ether oxygens (including phenoxy) is 1. The Morgan fingerprint density at radius 1 is 1.23 bits per heavy atom. The molecule has 0 atom stereocenters. The molecule has 2 saturated heterocycles. The summed E-state index contributed by atoms with van der Waals surface area (Å²) in [5.41, 5.74) is 5.46. The lowest BCUT2D eigenvalue weighted by Crippen LogP contribution is -2.58. The summed E-state index contributed by atoms with van der Waals surface area (Å²) in [6.07, 6.45) is 4.77. The number of hydrogen-bond donors (Lipinski definition) is 0. The summed E-state index contributed by atoms with van der Waals surface area (Å²) >= 11 is 6.32. The monoisotopic (exact) mass is 370 g/mol. The van der Waals surface area contributed by atoms with Gasteiger partial charge in [-0.2, -0.15) is 5.10 Å². The van der Waals surface area contributed by atoms with Crippen LogP contribution in [0.1, 0.15) is 42.8 Å². The largest absolute Gasteiger partial charge is 0.378 e. The van der Waals surface area contributed by atoms with Crippen molar-refractivity contribution in [3.05, 3.63) is 41.4 Å². The van der Waals surface area contributed by atoms with Crippen molar-refractivity contribution in [1.29, 1.82) is 0 Å². The molecule has 0 saturated carbocycles. The quantitative estimate of drug-likeness (QED) is 0.826. The van der Waals surface area contributed by atoms with E-state index in [1.54, 1.807) is 0 Å². The van der Waals surface area contributed by atoms with E-state index in [9.17, 15) is 0 Å². The minimum Gasteiger partial charge on any atom is -0.378 e. The van der Waals surface area contributed by atoms with Gasteiger partial charge in [-0.1, -0.05) is 17.7 Å². The molecule has 0 spiro atoms. The fourth-order valence-corrected chi connectivity index (χ4v) is 4.24. The molecule has 26 heavy (non-hydrogen) atoms. The normalized spacial score (nSPS) is 20.8. The lowest BCUT2D eigenvalue weighted by Gasteiger charge is -2.47. The summed E-state index contributed by atoms with van der Waals surface area (Å²) < 4.78 is 7.50. The molecule has 0 aromatic carbocycles. The molecular formula is C20H23ClN4O. The molecule has 5 rings (SSSR count). The van der Waals surface area contributed by atoms with E-state index < -0.39 is 0 Å². The first-order valence-electron chi connectivity index (χ1n) is 9.36. The molecule has 6 heteroatoms. The number of fused-ring (bicyclic) bond motifs is 1. The van der Waals surface area contributed by atoms with Crippen molar-refractivity contribution in [1.82, 2.24) is 19.7 Å². The number of rotatable bonds is 4. The van der Waals surface area contributed by atoms with E-state index in [4.69, 9.17) is 21.4 Å². The first-order valence-corrected chi connectivity index (χ1v) is 9.74. The third-order valence-electron chi connectivity index (χ3n) is 5.72. The van der Waals surface area contributed by atoms with E-state index in [0.717, 1.165) is 60.3 Å². The molecule has 0 amide bonds. The average Bonchev–Trinajstić information content (AvgIpc) is 3.13. The Bertz CT molecular complexity index is 878. The first kappa shape index (κ1) is 16.5. The van der Waals surface area contributed by atoms with Gasteiger partial charge in [0.25, 0.3) is 0 Å². The van der Waals surface area contributed by atoms with Crippen LogP contribution in [0.2, 0.25) is 0 Å². The SMILES string of the molecule is CC(C)n1nc(-c2cnc3c(c2)C(Cl)=CC3)cc1C1CN(C2COC2)C1. The molecule has 1 aliphatic carbocycles. The number of likely N-dealkylation sites (tertiary alicyclic amines) is 1. The smallest absolute Gasteiger partial charge is 0.0942 e. The summed E-state index contributed by atoms with van der Waals surface area (Å²) in [4.78, 5) is 7.12. The van der Waals surface area contributed by atoms with Crippen LogP contribution in [0.25, 0.3) is 16.3 Å². The highest BCUT2D eigenvalue weighted by Crippen LogP contribution is 2.36. The summed E-state index contributed by atoms with van der Waals surface area (Å²) in [5.74, 6) is 0.546. The van der Waals surface area contributed by atoms with Crippen molar-refractivity contribution in [2.24, 2.45) is 0 Å². The molecule has 3 aliphatic rings. The number of halogens is 1. The van der Waals surface area contributed by atoms with Gasteiger partial charge in [0.1, 0.15) is 0 Å². The van der Waals surface area contributed by atoms with Gasteiger partial charge in [-0.25, -0.2) is 0 Å². The van der Waals surface area contributed by atoms with E-state index in [-0.39, 0.29) is 0 Å². The molecule has 2 aliphatic heterocycles. The maximum atomic E-state index is 6.32. The van der Waals surface area contributed by atoms with Crippen molar-refractivity contribution in [3.63, 3.8) is 0 Å². The highest BCUT2D eigenvalue weighted by molar-refractivity contribution is 6.49. The Kier molecular flexibility index (Phi) is 3.92. The van der Waals surface area contributed by atoms with Crippen LogP contribution in [-0.4, -0.2) is 52.0 Å². The van der Waals surface area contributed by atoms with Crippen LogP contribution in [0, 0.1) is 0 Å². The molecule has 0 radical (unpaired) electrons. The zero-order valence-corrected chi connectivity index (χ0v) is 15.9. The molecule has 0 bridgehead atoms. The summed E-state index contributed by atoms with van der Waals surface area (Å²) in [6, 6.07) is 5.33. The molecule has 4 heterocycles. The van der Waals surface area contributed by atoms with Gasteiger partial charge in [0.15, 0.2) is 0 Å². The second kappa shape index (κ2) is 6.19. The maximum absolute atomic E-state index is 6.32. The highest BCUT2D eigenvalue weighted by Gasteiger charge is 2.38. The third-order valence-corrected chi connectivity index (χ3v) is 6.07. The summed E-state index contributed by atoms with van der Waals surface area (Å²) in [7, 11) is 0. The summed E-state index contributed by atoms with van der Waals surface area (Å²) in [5, 5.41) is 5.71. The van der Waals surface area contributed by atoms with Crippen LogP contribution in [0.3, 0.4) is 0 Å². The van der Waals surface area contributed by atoms with E-state index >= 15 is 0 Å². The number of hydrogen-bond acceptors (Lipinski definition) is 4. The summed E-state index contributed by atoms with van der Waals surface area (Å²) in [6.45, 7) is 8.35. The van der Waals surface area contributed by atoms with Gasteiger partial charge in [-0.05, 0) is 26.0 Å². The number of pyridine rings is 1. The zero-order valence-electron chi connectivity index (χ0n) is 15.2. The van der Waals surface area contributed by atoms with Crippen molar-refractivity contribution in [2.45, 2.75) is 38.3 Å². The Labute approximate surface area is 158 Å². The number of aromatic nitrogens is 3. The van der Waals surface area contributed by atoms with Gasteiger partial charge in [-0.15, -0.1) is 0 Å². The van der Waals surface area contributed by atoms with Gasteiger partial charge >= 0.3 is 0 Å². The lowest BCUT2D eigenvalue weighted by atomic mass is 9.92. The van der Waals surface area contributed by atoms with Crippen LogP contribution in [-0.2, 0) is 11.2 Å². The standard InChI is InChI=1S/C20H23ClN4O/c1-12(2)25-20(14-8-24(9-14)15-10-26-11-15)6-19(23-25)13-5-16-17(21)3-4-18(16)22-7-13/h3,5-7,12,14-15H,4,8-11H2,1-2H3. The van der Waals surface area contributed by atoms with Crippen molar-refractivity contribution in [3.8, 4) is 11.3 Å². The van der Waals surface area contributed by atoms with E-state index in [1.165, 1.54) is 5.69 Å². The molecule has 2 aromatic heterocycles. The van der Waals surface area contributed by atoms with Crippen molar-refractivity contribution < 1.29 is 4.74 Å². The molecule has 2 aromatic rings. The topological polar surface area (TPSA) is 43.2 Å².